The van der Waals surface area contributed by atoms with Crippen LogP contribution in [-0.2, 0) is 0 Å². The summed E-state index contributed by atoms with van der Waals surface area (Å²) in [7, 11) is 0. The number of fused-ring (bicyclic) bond motifs is 3. The Morgan fingerprint density at radius 2 is 2.15 bits per heavy atom. The Kier molecular flexibility index (Phi) is 2.85. The normalized spacial score (nSPS) is 25.6. The molecular formula is C18H20N2. The number of piperidine rings is 1. The van der Waals surface area contributed by atoms with Crippen molar-refractivity contribution in [1.29, 1.82) is 0 Å². The highest BCUT2D eigenvalue weighted by Gasteiger charge is 2.26. The van der Waals surface area contributed by atoms with Crippen LogP contribution in [0.5, 0.6) is 0 Å². The zero-order valence-corrected chi connectivity index (χ0v) is 11.9. The van der Waals surface area contributed by atoms with Crippen LogP contribution in [0.4, 0.5) is 0 Å². The summed E-state index contributed by atoms with van der Waals surface area (Å²) in [5, 5.41) is 4.96. The number of rotatable bonds is 1. The van der Waals surface area contributed by atoms with Crippen molar-refractivity contribution in [3.63, 3.8) is 0 Å². The Morgan fingerprint density at radius 1 is 1.20 bits per heavy atom. The average Bonchev–Trinajstić information content (AvgIpc) is 2.47. The van der Waals surface area contributed by atoms with Crippen LogP contribution < -0.4 is 5.32 Å². The van der Waals surface area contributed by atoms with E-state index in [0.29, 0.717) is 12.1 Å². The molecule has 2 heteroatoms. The van der Waals surface area contributed by atoms with Gasteiger partial charge < -0.3 is 5.32 Å². The summed E-state index contributed by atoms with van der Waals surface area (Å²) >= 11 is 0. The minimum Gasteiger partial charge on any atom is -0.307 e. The van der Waals surface area contributed by atoms with E-state index in [4.69, 9.17) is 0 Å². The minimum absolute atomic E-state index is 0.580. The van der Waals surface area contributed by atoms with Crippen molar-refractivity contribution in [3.05, 3.63) is 47.7 Å². The van der Waals surface area contributed by atoms with Crippen molar-refractivity contribution >= 4 is 16.5 Å². The van der Waals surface area contributed by atoms with Gasteiger partial charge in [-0.05, 0) is 49.0 Å². The van der Waals surface area contributed by atoms with Crippen LogP contribution in [0.2, 0.25) is 0 Å². The quantitative estimate of drug-likeness (QED) is 0.846. The second-order valence-electron chi connectivity index (χ2n) is 6.11. The van der Waals surface area contributed by atoms with Crippen molar-refractivity contribution in [2.45, 2.75) is 44.7 Å². The highest BCUT2D eigenvalue weighted by atomic mass is 15.0. The van der Waals surface area contributed by atoms with Crippen LogP contribution in [0, 0.1) is 6.92 Å². The maximum absolute atomic E-state index is 4.57. The van der Waals surface area contributed by atoms with Crippen LogP contribution >= 0.6 is 0 Å². The monoisotopic (exact) mass is 264 g/mol. The van der Waals surface area contributed by atoms with Gasteiger partial charge >= 0.3 is 0 Å². The molecule has 1 N–H and O–H groups in total. The lowest BCUT2D eigenvalue weighted by atomic mass is 9.83. The number of pyridine rings is 1. The van der Waals surface area contributed by atoms with Gasteiger partial charge in [0.25, 0.3) is 0 Å². The van der Waals surface area contributed by atoms with Crippen LogP contribution in [0.3, 0.4) is 0 Å². The van der Waals surface area contributed by atoms with Gasteiger partial charge in [0, 0.05) is 23.7 Å². The van der Waals surface area contributed by atoms with Crippen LogP contribution in [0.15, 0.2) is 36.5 Å². The molecule has 0 amide bonds. The molecule has 2 bridgehead atoms. The van der Waals surface area contributed by atoms with Crippen molar-refractivity contribution in [1.82, 2.24) is 10.3 Å². The standard InChI is InChI=1S/C18H20N2/c1-12-17(8-7-13-4-3-9-19-18(12)13)14-10-15-5-2-6-16(11-14)20-15/h3-4,7-10,15-16,20H,2,5-6,11H2,1H3. The first-order chi connectivity index (χ1) is 9.81. The zero-order valence-electron chi connectivity index (χ0n) is 11.9. The number of nitrogens with zero attached hydrogens (tertiary/aromatic N) is 1. The summed E-state index contributed by atoms with van der Waals surface area (Å²) in [5.41, 5.74) is 5.39. The van der Waals surface area contributed by atoms with E-state index in [0.717, 1.165) is 11.9 Å². The highest BCUT2D eigenvalue weighted by molar-refractivity contribution is 5.87. The lowest BCUT2D eigenvalue weighted by Crippen LogP contribution is -2.44. The van der Waals surface area contributed by atoms with Gasteiger partial charge in [-0.25, -0.2) is 0 Å². The first-order valence-electron chi connectivity index (χ1n) is 7.63. The summed E-state index contributed by atoms with van der Waals surface area (Å²) in [4.78, 5) is 4.57. The van der Waals surface area contributed by atoms with Crippen LogP contribution in [-0.4, -0.2) is 17.1 Å². The van der Waals surface area contributed by atoms with E-state index in [2.05, 4.69) is 41.5 Å². The van der Waals surface area contributed by atoms with Gasteiger partial charge in [-0.3, -0.25) is 4.98 Å². The van der Waals surface area contributed by atoms with E-state index < -0.39 is 0 Å². The molecule has 102 valence electrons. The third-order valence-electron chi connectivity index (χ3n) is 4.76. The summed E-state index contributed by atoms with van der Waals surface area (Å²) in [6, 6.07) is 9.90. The molecule has 1 saturated heterocycles. The number of nitrogens with one attached hydrogen (secondary N) is 1. The molecule has 1 fully saturated rings. The molecule has 0 aliphatic carbocycles. The Labute approximate surface area is 119 Å². The zero-order chi connectivity index (χ0) is 13.5. The summed E-state index contributed by atoms with van der Waals surface area (Å²) in [5.74, 6) is 0. The van der Waals surface area contributed by atoms with E-state index in [-0.39, 0.29) is 0 Å². The molecule has 0 spiro atoms. The smallest absolute Gasteiger partial charge is 0.0737 e. The van der Waals surface area contributed by atoms with Crippen molar-refractivity contribution < 1.29 is 0 Å². The topological polar surface area (TPSA) is 24.9 Å². The Hall–Kier alpha value is -1.67. The average molecular weight is 264 g/mol. The molecule has 0 radical (unpaired) electrons. The maximum atomic E-state index is 4.57. The van der Waals surface area contributed by atoms with E-state index in [9.17, 15) is 0 Å². The molecule has 1 aromatic carbocycles. The van der Waals surface area contributed by atoms with Gasteiger partial charge in [0.2, 0.25) is 0 Å². The fourth-order valence-corrected chi connectivity index (χ4v) is 3.76. The Bertz CT molecular complexity index is 687. The maximum Gasteiger partial charge on any atom is 0.0737 e. The SMILES string of the molecule is Cc1c(C2=CC3CCCC(C2)N3)ccc2cccnc12. The Morgan fingerprint density at radius 3 is 3.05 bits per heavy atom. The van der Waals surface area contributed by atoms with Crippen LogP contribution in [0.1, 0.15) is 36.8 Å². The largest absolute Gasteiger partial charge is 0.307 e. The highest BCUT2D eigenvalue weighted by Crippen LogP contribution is 2.34. The second-order valence-corrected chi connectivity index (χ2v) is 6.11. The predicted octanol–water partition coefficient (Wildman–Crippen LogP) is 3.84. The fraction of sp³-hybridized carbons (Fsp3) is 0.389. The lowest BCUT2D eigenvalue weighted by molar-refractivity contribution is 0.348. The third kappa shape index (κ3) is 1.95. The van der Waals surface area contributed by atoms with Gasteiger partial charge in [0.1, 0.15) is 0 Å². The lowest BCUT2D eigenvalue weighted by Gasteiger charge is -2.35. The number of aromatic nitrogens is 1. The molecule has 4 rings (SSSR count). The van der Waals surface area contributed by atoms with E-state index in [1.165, 1.54) is 41.3 Å². The first-order valence-corrected chi connectivity index (χ1v) is 7.63. The molecule has 2 nitrogen and oxygen atoms in total. The molecular weight excluding hydrogens is 244 g/mol. The number of hydrogen-bond donors (Lipinski definition) is 1. The summed E-state index contributed by atoms with van der Waals surface area (Å²) < 4.78 is 0. The molecule has 20 heavy (non-hydrogen) atoms. The summed E-state index contributed by atoms with van der Waals surface area (Å²) in [6.45, 7) is 2.21. The van der Waals surface area contributed by atoms with Gasteiger partial charge in [0.15, 0.2) is 0 Å². The Balaban J connectivity index is 1.82. The van der Waals surface area contributed by atoms with Crippen molar-refractivity contribution in [2.24, 2.45) is 0 Å². The van der Waals surface area contributed by atoms with Crippen molar-refractivity contribution in [2.75, 3.05) is 0 Å². The van der Waals surface area contributed by atoms with E-state index in [1.807, 2.05) is 12.3 Å². The predicted molar refractivity (Wildman–Crippen MR) is 83.6 cm³/mol. The van der Waals surface area contributed by atoms with Crippen LogP contribution in [0.25, 0.3) is 16.5 Å². The first kappa shape index (κ1) is 12.1. The molecule has 3 heterocycles. The molecule has 2 aliphatic rings. The number of aryl methyl sites for hydroxylation is 1. The molecule has 1 aromatic heterocycles. The molecule has 2 aromatic rings. The van der Waals surface area contributed by atoms with Crippen molar-refractivity contribution in [3.8, 4) is 0 Å². The van der Waals surface area contributed by atoms with Gasteiger partial charge in [0.05, 0.1) is 5.52 Å². The minimum atomic E-state index is 0.580. The third-order valence-corrected chi connectivity index (χ3v) is 4.76. The number of hydrogen-bond acceptors (Lipinski definition) is 2. The molecule has 2 aliphatic heterocycles. The number of benzene rings is 1. The second kappa shape index (κ2) is 4.71. The van der Waals surface area contributed by atoms with Gasteiger partial charge in [-0.2, -0.15) is 0 Å². The van der Waals surface area contributed by atoms with Gasteiger partial charge in [-0.1, -0.05) is 30.7 Å². The van der Waals surface area contributed by atoms with E-state index in [1.54, 1.807) is 0 Å². The molecule has 0 saturated carbocycles. The fourth-order valence-electron chi connectivity index (χ4n) is 3.76. The summed E-state index contributed by atoms with van der Waals surface area (Å²) in [6.07, 6.45) is 9.47. The molecule has 2 unspecified atom stereocenters. The van der Waals surface area contributed by atoms with Gasteiger partial charge in [-0.15, -0.1) is 0 Å². The van der Waals surface area contributed by atoms with E-state index >= 15 is 0 Å². The molecule has 2 atom stereocenters.